The summed E-state index contributed by atoms with van der Waals surface area (Å²) in [5, 5.41) is 11.1. The summed E-state index contributed by atoms with van der Waals surface area (Å²) in [6, 6.07) is 6.03. The molecule has 0 aliphatic rings. The zero-order chi connectivity index (χ0) is 11.3. The highest BCUT2D eigenvalue weighted by atomic mass is 19.3. The van der Waals surface area contributed by atoms with Crippen LogP contribution in [0.3, 0.4) is 0 Å². The van der Waals surface area contributed by atoms with E-state index in [4.69, 9.17) is 10.9 Å². The molecule has 0 aliphatic carbocycles. The van der Waals surface area contributed by atoms with Gasteiger partial charge in [-0.1, -0.05) is 17.3 Å². The number of rotatable bonds is 4. The Labute approximate surface area is 85.0 Å². The molecule has 1 aromatic carbocycles. The van der Waals surface area contributed by atoms with Crippen molar-refractivity contribution in [2.24, 2.45) is 10.9 Å². The highest BCUT2D eigenvalue weighted by Crippen LogP contribution is 2.16. The van der Waals surface area contributed by atoms with E-state index < -0.39 is 6.61 Å². The molecule has 1 rings (SSSR count). The lowest BCUT2D eigenvalue weighted by Crippen LogP contribution is -2.14. The summed E-state index contributed by atoms with van der Waals surface area (Å²) < 4.78 is 27.9. The summed E-state index contributed by atoms with van der Waals surface area (Å²) in [5.74, 6) is 0.0532. The number of ether oxygens (including phenoxy) is 1. The van der Waals surface area contributed by atoms with Crippen molar-refractivity contribution in [1.82, 2.24) is 0 Å². The smallest absolute Gasteiger partial charge is 0.387 e. The molecule has 0 fully saturated rings. The predicted octanol–water partition coefficient (Wildman–Crippen LogP) is 1.58. The Morgan fingerprint density at radius 3 is 2.87 bits per heavy atom. The predicted molar refractivity (Wildman–Crippen MR) is 50.2 cm³/mol. The molecule has 15 heavy (non-hydrogen) atoms. The van der Waals surface area contributed by atoms with Crippen molar-refractivity contribution in [3.8, 4) is 5.75 Å². The van der Waals surface area contributed by atoms with E-state index >= 15 is 0 Å². The van der Waals surface area contributed by atoms with Crippen LogP contribution in [0.15, 0.2) is 29.4 Å². The maximum absolute atomic E-state index is 11.9. The molecule has 0 atom stereocenters. The van der Waals surface area contributed by atoms with Crippen LogP contribution in [0, 0.1) is 0 Å². The van der Waals surface area contributed by atoms with Crippen LogP contribution in [-0.2, 0) is 6.42 Å². The van der Waals surface area contributed by atoms with Gasteiger partial charge in [-0.3, -0.25) is 0 Å². The van der Waals surface area contributed by atoms with Crippen molar-refractivity contribution in [3.63, 3.8) is 0 Å². The fourth-order valence-corrected chi connectivity index (χ4v) is 1.08. The molecule has 82 valence electrons. The Balaban J connectivity index is 2.74. The third-order valence-electron chi connectivity index (χ3n) is 1.64. The number of benzene rings is 1. The number of oxime groups is 1. The first-order valence-corrected chi connectivity index (χ1v) is 4.12. The number of hydrogen-bond acceptors (Lipinski definition) is 3. The van der Waals surface area contributed by atoms with Crippen molar-refractivity contribution >= 4 is 5.84 Å². The van der Waals surface area contributed by atoms with Crippen LogP contribution >= 0.6 is 0 Å². The number of hydrogen-bond donors (Lipinski definition) is 2. The number of amidine groups is 1. The third kappa shape index (κ3) is 3.80. The van der Waals surface area contributed by atoms with E-state index in [1.54, 1.807) is 12.1 Å². The number of nitrogens with two attached hydrogens (primary N) is 1. The van der Waals surface area contributed by atoms with Crippen molar-refractivity contribution in [2.75, 3.05) is 0 Å². The summed E-state index contributed by atoms with van der Waals surface area (Å²) >= 11 is 0. The van der Waals surface area contributed by atoms with E-state index in [0.29, 0.717) is 5.56 Å². The molecule has 0 aromatic heterocycles. The molecule has 1 aromatic rings. The van der Waals surface area contributed by atoms with Gasteiger partial charge in [0.25, 0.3) is 0 Å². The highest BCUT2D eigenvalue weighted by molar-refractivity contribution is 5.82. The average Bonchev–Trinajstić information content (AvgIpc) is 2.17. The fourth-order valence-electron chi connectivity index (χ4n) is 1.08. The lowest BCUT2D eigenvalue weighted by molar-refractivity contribution is -0.0498. The monoisotopic (exact) mass is 216 g/mol. The number of alkyl halides is 2. The summed E-state index contributed by atoms with van der Waals surface area (Å²) in [5.41, 5.74) is 5.90. The SMILES string of the molecule is N/C(Cc1cccc(OC(F)F)c1)=N\O. The van der Waals surface area contributed by atoms with Gasteiger partial charge in [0.15, 0.2) is 0 Å². The van der Waals surface area contributed by atoms with Gasteiger partial charge in [-0.2, -0.15) is 8.78 Å². The molecule has 0 amide bonds. The molecule has 0 bridgehead atoms. The molecule has 0 radical (unpaired) electrons. The molecule has 0 aliphatic heterocycles. The van der Waals surface area contributed by atoms with Crippen molar-refractivity contribution in [1.29, 1.82) is 0 Å². The van der Waals surface area contributed by atoms with Crippen LogP contribution in [0.25, 0.3) is 0 Å². The van der Waals surface area contributed by atoms with Crippen LogP contribution in [0.5, 0.6) is 5.75 Å². The Morgan fingerprint density at radius 2 is 2.27 bits per heavy atom. The minimum Gasteiger partial charge on any atom is -0.435 e. The molecule has 0 spiro atoms. The maximum Gasteiger partial charge on any atom is 0.387 e. The Bertz CT molecular complexity index is 356. The third-order valence-corrected chi connectivity index (χ3v) is 1.64. The zero-order valence-corrected chi connectivity index (χ0v) is 7.73. The lowest BCUT2D eigenvalue weighted by atomic mass is 10.1. The van der Waals surface area contributed by atoms with E-state index in [0.717, 1.165) is 0 Å². The van der Waals surface area contributed by atoms with Gasteiger partial charge in [0.2, 0.25) is 0 Å². The van der Waals surface area contributed by atoms with E-state index in [-0.39, 0.29) is 18.0 Å². The van der Waals surface area contributed by atoms with Gasteiger partial charge in [0.1, 0.15) is 11.6 Å². The van der Waals surface area contributed by atoms with Gasteiger partial charge in [-0.15, -0.1) is 0 Å². The van der Waals surface area contributed by atoms with Crippen molar-refractivity contribution in [3.05, 3.63) is 29.8 Å². The summed E-state index contributed by atoms with van der Waals surface area (Å²) in [6.45, 7) is -2.86. The van der Waals surface area contributed by atoms with Gasteiger partial charge < -0.3 is 15.7 Å². The second-order valence-corrected chi connectivity index (χ2v) is 2.79. The minimum atomic E-state index is -2.86. The minimum absolute atomic E-state index is 0.00389. The molecule has 3 N–H and O–H groups in total. The second kappa shape index (κ2) is 5.14. The van der Waals surface area contributed by atoms with Crippen LogP contribution in [0.2, 0.25) is 0 Å². The first-order chi connectivity index (χ1) is 7.11. The quantitative estimate of drug-likeness (QED) is 0.347. The van der Waals surface area contributed by atoms with E-state index in [9.17, 15) is 8.78 Å². The fraction of sp³-hybridized carbons (Fsp3) is 0.222. The number of nitrogens with zero attached hydrogens (tertiary/aromatic N) is 1. The van der Waals surface area contributed by atoms with Crippen LogP contribution in [-0.4, -0.2) is 17.7 Å². The second-order valence-electron chi connectivity index (χ2n) is 2.79. The Kier molecular flexibility index (Phi) is 3.84. The molecule has 4 nitrogen and oxygen atoms in total. The van der Waals surface area contributed by atoms with Gasteiger partial charge in [0, 0.05) is 6.42 Å². The molecule has 0 saturated carbocycles. The van der Waals surface area contributed by atoms with E-state index in [1.807, 2.05) is 0 Å². The Morgan fingerprint density at radius 1 is 1.53 bits per heavy atom. The van der Waals surface area contributed by atoms with Crippen LogP contribution in [0.1, 0.15) is 5.56 Å². The van der Waals surface area contributed by atoms with Crippen LogP contribution in [0.4, 0.5) is 8.78 Å². The lowest BCUT2D eigenvalue weighted by Gasteiger charge is -2.05. The standard InChI is InChI=1S/C9H10F2N2O2/c10-9(11)15-7-3-1-2-6(4-7)5-8(12)13-14/h1-4,9,14H,5H2,(H2,12,13). The first-order valence-electron chi connectivity index (χ1n) is 4.12. The van der Waals surface area contributed by atoms with Gasteiger partial charge in [0.05, 0.1) is 0 Å². The Hall–Kier alpha value is -1.85. The van der Waals surface area contributed by atoms with Gasteiger partial charge in [-0.25, -0.2) is 0 Å². The van der Waals surface area contributed by atoms with E-state index in [1.165, 1.54) is 12.1 Å². The van der Waals surface area contributed by atoms with E-state index in [2.05, 4.69) is 9.89 Å². The molecule has 0 unspecified atom stereocenters. The molecular weight excluding hydrogens is 206 g/mol. The molecule has 6 heteroatoms. The summed E-state index contributed by atoms with van der Waals surface area (Å²) in [6.07, 6.45) is 0.178. The zero-order valence-electron chi connectivity index (χ0n) is 7.73. The van der Waals surface area contributed by atoms with Crippen LogP contribution < -0.4 is 10.5 Å². The molecule has 0 saturated heterocycles. The average molecular weight is 216 g/mol. The highest BCUT2D eigenvalue weighted by Gasteiger charge is 2.05. The summed E-state index contributed by atoms with van der Waals surface area (Å²) in [7, 11) is 0. The molecule has 0 heterocycles. The normalized spacial score (nSPS) is 11.8. The van der Waals surface area contributed by atoms with Crippen molar-refractivity contribution in [2.45, 2.75) is 13.0 Å². The largest absolute Gasteiger partial charge is 0.435 e. The topological polar surface area (TPSA) is 67.8 Å². The van der Waals surface area contributed by atoms with Crippen molar-refractivity contribution < 1.29 is 18.7 Å². The van der Waals surface area contributed by atoms with Gasteiger partial charge >= 0.3 is 6.61 Å². The summed E-state index contributed by atoms with van der Waals surface area (Å²) in [4.78, 5) is 0. The first kappa shape index (κ1) is 11.2. The van der Waals surface area contributed by atoms with Gasteiger partial charge in [-0.05, 0) is 17.7 Å². The number of halogens is 2. The molecular formula is C9H10F2N2O2. The maximum atomic E-state index is 11.9.